The lowest BCUT2D eigenvalue weighted by Gasteiger charge is -2.20. The van der Waals surface area contributed by atoms with E-state index in [-0.39, 0.29) is 13.0 Å². The molecule has 0 aliphatic heterocycles. The van der Waals surface area contributed by atoms with E-state index in [9.17, 15) is 19.4 Å². The van der Waals surface area contributed by atoms with Gasteiger partial charge in [0.05, 0.1) is 26.4 Å². The maximum atomic E-state index is 12.6. The van der Waals surface area contributed by atoms with Crippen LogP contribution in [-0.4, -0.2) is 66.3 Å². The SMILES string of the molecule is CC/C=C\C/C=C\C/C=C\C/C=C\CCCCCCCCCCCCCOCC(COP(=O)(O)OCC(O)CO)OC(=O)CCCC/C=C\C/C=C\C/C=C\C/C=C\CC. The molecule has 3 N–H and O–H groups in total. The first-order valence-corrected chi connectivity index (χ1v) is 24.7. The van der Waals surface area contributed by atoms with Crippen LogP contribution in [0.25, 0.3) is 0 Å². The summed E-state index contributed by atoms with van der Waals surface area (Å²) < 4.78 is 33.4. The third-order valence-electron chi connectivity index (χ3n) is 9.27. The van der Waals surface area contributed by atoms with Crippen molar-refractivity contribution in [2.75, 3.05) is 33.0 Å². The van der Waals surface area contributed by atoms with E-state index >= 15 is 0 Å². The highest BCUT2D eigenvalue weighted by Crippen LogP contribution is 2.43. The fourth-order valence-corrected chi connectivity index (χ4v) is 6.60. The van der Waals surface area contributed by atoms with Gasteiger partial charge in [-0.25, -0.2) is 4.57 Å². The predicted molar refractivity (Wildman–Crippen MR) is 251 cm³/mol. The summed E-state index contributed by atoms with van der Waals surface area (Å²) in [5.41, 5.74) is 0. The molecule has 3 unspecified atom stereocenters. The Morgan fingerprint density at radius 2 is 0.900 bits per heavy atom. The molecule has 0 aromatic rings. The Kier molecular flexibility index (Phi) is 43.9. The summed E-state index contributed by atoms with van der Waals surface area (Å²) in [6.45, 7) is 3.21. The third kappa shape index (κ3) is 44.9. The number of ether oxygens (including phenoxy) is 2. The quantitative estimate of drug-likeness (QED) is 0.0237. The molecule has 10 heteroatoms. The van der Waals surface area contributed by atoms with E-state index in [1.165, 1.54) is 57.8 Å². The third-order valence-corrected chi connectivity index (χ3v) is 10.2. The minimum Gasteiger partial charge on any atom is -0.457 e. The normalized spacial score (nSPS) is 14.8. The average molecular weight is 861 g/mol. The summed E-state index contributed by atoms with van der Waals surface area (Å²) in [5, 5.41) is 18.4. The lowest BCUT2D eigenvalue weighted by molar-refractivity contribution is -0.154. The van der Waals surface area contributed by atoms with E-state index in [1.54, 1.807) is 0 Å². The number of unbranched alkanes of at least 4 members (excludes halogenated alkanes) is 13. The molecule has 0 aliphatic carbocycles. The van der Waals surface area contributed by atoms with Gasteiger partial charge >= 0.3 is 13.8 Å². The van der Waals surface area contributed by atoms with Crippen LogP contribution in [0.2, 0.25) is 0 Å². The average Bonchev–Trinajstić information content (AvgIpc) is 3.24. The van der Waals surface area contributed by atoms with E-state index in [1.807, 2.05) is 0 Å². The Morgan fingerprint density at radius 1 is 0.517 bits per heavy atom. The molecular weight excluding hydrogens is 776 g/mol. The second-order valence-electron chi connectivity index (χ2n) is 15.0. The Hall–Kier alpha value is -2.62. The second kappa shape index (κ2) is 45.9. The number of aliphatic hydroxyl groups excluding tert-OH is 2. The van der Waals surface area contributed by atoms with Crippen molar-refractivity contribution in [1.82, 2.24) is 0 Å². The zero-order valence-electron chi connectivity index (χ0n) is 37.6. The number of hydrogen-bond donors (Lipinski definition) is 3. The number of hydrogen-bond acceptors (Lipinski definition) is 8. The minimum atomic E-state index is -4.54. The highest BCUT2D eigenvalue weighted by Gasteiger charge is 2.26. The highest BCUT2D eigenvalue weighted by molar-refractivity contribution is 7.47. The maximum absolute atomic E-state index is 12.6. The maximum Gasteiger partial charge on any atom is 0.472 e. The van der Waals surface area contributed by atoms with E-state index in [4.69, 9.17) is 23.6 Å². The van der Waals surface area contributed by atoms with Gasteiger partial charge in [0.2, 0.25) is 0 Å². The molecule has 0 aromatic carbocycles. The summed E-state index contributed by atoms with van der Waals surface area (Å²) in [6.07, 6.45) is 58.1. The van der Waals surface area contributed by atoms with Crippen molar-refractivity contribution in [2.24, 2.45) is 0 Å². The van der Waals surface area contributed by atoms with Crippen LogP contribution in [0.4, 0.5) is 0 Å². The molecule has 0 rings (SSSR count). The molecule has 344 valence electrons. The van der Waals surface area contributed by atoms with Crippen molar-refractivity contribution < 1.29 is 43.0 Å². The molecule has 3 atom stereocenters. The van der Waals surface area contributed by atoms with Crippen molar-refractivity contribution in [3.8, 4) is 0 Å². The minimum absolute atomic E-state index is 0.0242. The van der Waals surface area contributed by atoms with E-state index < -0.39 is 45.8 Å². The molecule has 0 fully saturated rings. The van der Waals surface area contributed by atoms with Gasteiger partial charge in [-0.2, -0.15) is 0 Å². The Balaban J connectivity index is 4.16. The van der Waals surface area contributed by atoms with Crippen molar-refractivity contribution in [1.29, 1.82) is 0 Å². The molecule has 0 saturated heterocycles. The zero-order valence-corrected chi connectivity index (χ0v) is 38.5. The summed E-state index contributed by atoms with van der Waals surface area (Å²) in [6, 6.07) is 0. The van der Waals surface area contributed by atoms with Crippen LogP contribution in [0.5, 0.6) is 0 Å². The smallest absolute Gasteiger partial charge is 0.457 e. The molecule has 0 saturated carbocycles. The summed E-state index contributed by atoms with van der Waals surface area (Å²) in [7, 11) is -4.54. The van der Waals surface area contributed by atoms with Gasteiger partial charge in [0.1, 0.15) is 12.2 Å². The van der Waals surface area contributed by atoms with Crippen LogP contribution in [0.3, 0.4) is 0 Å². The van der Waals surface area contributed by atoms with Crippen molar-refractivity contribution in [3.63, 3.8) is 0 Å². The van der Waals surface area contributed by atoms with Crippen LogP contribution in [0, 0.1) is 0 Å². The number of carbonyl (C=O) groups is 1. The zero-order chi connectivity index (χ0) is 43.9. The Labute approximate surface area is 366 Å². The molecule has 0 aromatic heterocycles. The van der Waals surface area contributed by atoms with Crippen LogP contribution < -0.4 is 0 Å². The summed E-state index contributed by atoms with van der Waals surface area (Å²) >= 11 is 0. The predicted octanol–water partition coefficient (Wildman–Crippen LogP) is 13.3. The molecule has 60 heavy (non-hydrogen) atoms. The first-order valence-electron chi connectivity index (χ1n) is 23.2. The number of aliphatic hydroxyl groups is 2. The number of esters is 1. The molecule has 0 heterocycles. The molecule has 0 amide bonds. The summed E-state index contributed by atoms with van der Waals surface area (Å²) in [4.78, 5) is 22.6. The van der Waals surface area contributed by atoms with E-state index in [2.05, 4.69) is 111 Å². The fraction of sp³-hybridized carbons (Fsp3) is 0.660. The molecule has 0 spiro atoms. The van der Waals surface area contributed by atoms with Crippen LogP contribution in [0.15, 0.2) is 97.2 Å². The standard InChI is InChI=1S/C50H85O9P/c1-3-5-7-9-11-13-15-17-19-20-21-22-23-24-25-26-27-29-31-33-35-37-39-41-43-56-46-49(47-58-60(54,55)57-45-48(52)44-51)59-50(53)42-40-38-36-34-32-30-28-18-16-14-12-10-8-6-4-2/h5-8,11-14,17-19,21-22,28,32,34,48-49,51-52H,3-4,9-10,15-16,20,23-27,29-31,33,35-47H2,1-2H3,(H,54,55)/b7-5-,8-6-,13-11-,14-12-,19-17-,22-21-,28-18-,34-32-. The van der Waals surface area contributed by atoms with Crippen molar-refractivity contribution in [3.05, 3.63) is 97.2 Å². The number of carbonyl (C=O) groups excluding carboxylic acids is 1. The lowest BCUT2D eigenvalue weighted by atomic mass is 10.1. The van der Waals surface area contributed by atoms with Crippen LogP contribution >= 0.6 is 7.82 Å². The first kappa shape index (κ1) is 57.4. The highest BCUT2D eigenvalue weighted by atomic mass is 31.2. The Bertz CT molecular complexity index is 1250. The van der Waals surface area contributed by atoms with Gasteiger partial charge in [0.25, 0.3) is 0 Å². The monoisotopic (exact) mass is 861 g/mol. The van der Waals surface area contributed by atoms with Gasteiger partial charge in [-0.3, -0.25) is 13.8 Å². The fourth-order valence-electron chi connectivity index (χ4n) is 5.81. The molecule has 0 aliphatic rings. The van der Waals surface area contributed by atoms with Gasteiger partial charge in [0.15, 0.2) is 0 Å². The Morgan fingerprint density at radius 3 is 1.35 bits per heavy atom. The second-order valence-corrected chi connectivity index (χ2v) is 16.5. The van der Waals surface area contributed by atoms with Gasteiger partial charge in [-0.05, 0) is 89.9 Å². The van der Waals surface area contributed by atoms with Gasteiger partial charge in [-0.15, -0.1) is 0 Å². The van der Waals surface area contributed by atoms with Crippen LogP contribution in [-0.2, 0) is 27.9 Å². The number of phosphoric ester groups is 1. The number of allylic oxidation sites excluding steroid dienone is 16. The van der Waals surface area contributed by atoms with Gasteiger partial charge < -0.3 is 24.6 Å². The molecular formula is C50H85O9P. The topological polar surface area (TPSA) is 132 Å². The lowest BCUT2D eigenvalue weighted by Crippen LogP contribution is -2.29. The summed E-state index contributed by atoms with van der Waals surface area (Å²) in [5.74, 6) is -0.427. The van der Waals surface area contributed by atoms with Gasteiger partial charge in [0, 0.05) is 13.0 Å². The number of rotatable bonds is 43. The van der Waals surface area contributed by atoms with E-state index in [0.29, 0.717) is 13.0 Å². The largest absolute Gasteiger partial charge is 0.472 e. The first-order chi connectivity index (χ1) is 29.3. The molecule has 0 radical (unpaired) electrons. The van der Waals surface area contributed by atoms with Gasteiger partial charge in [-0.1, -0.05) is 169 Å². The van der Waals surface area contributed by atoms with Crippen molar-refractivity contribution >= 4 is 13.8 Å². The van der Waals surface area contributed by atoms with E-state index in [0.717, 1.165) is 83.5 Å². The molecule has 0 bridgehead atoms. The van der Waals surface area contributed by atoms with Crippen LogP contribution in [0.1, 0.15) is 168 Å². The van der Waals surface area contributed by atoms with Crippen molar-refractivity contribution in [2.45, 2.75) is 180 Å². The number of phosphoric acid groups is 1. The molecule has 9 nitrogen and oxygen atoms in total.